The molecule has 2 aliphatic rings. The predicted octanol–water partition coefficient (Wildman–Crippen LogP) is 3.30. The van der Waals surface area contributed by atoms with Crippen LogP contribution in [0.4, 0.5) is 11.4 Å². The fourth-order valence-electron chi connectivity index (χ4n) is 3.86. The maximum atomic E-state index is 12.7. The summed E-state index contributed by atoms with van der Waals surface area (Å²) in [6, 6.07) is 14.9. The summed E-state index contributed by atoms with van der Waals surface area (Å²) in [6.45, 7) is 7.42. The lowest BCUT2D eigenvalue weighted by Gasteiger charge is -2.35. The van der Waals surface area contributed by atoms with E-state index < -0.39 is 0 Å². The number of nitrogens with zero attached hydrogens (tertiary/aromatic N) is 3. The van der Waals surface area contributed by atoms with E-state index in [0.29, 0.717) is 16.2 Å². The first-order valence-electron chi connectivity index (χ1n) is 10.1. The van der Waals surface area contributed by atoms with Crippen LogP contribution in [0.5, 0.6) is 0 Å². The molecule has 2 aromatic rings. The van der Waals surface area contributed by atoms with Crippen molar-refractivity contribution in [1.82, 2.24) is 9.80 Å². The number of anilines is 2. The van der Waals surface area contributed by atoms with Gasteiger partial charge in [-0.15, -0.1) is 0 Å². The minimum atomic E-state index is -0.343. The van der Waals surface area contributed by atoms with E-state index in [2.05, 4.69) is 34.2 Å². The normalized spacial score (nSPS) is 17.8. The fourth-order valence-corrected chi connectivity index (χ4v) is 3.99. The van der Waals surface area contributed by atoms with E-state index in [9.17, 15) is 9.59 Å². The topological polar surface area (TPSA) is 55.9 Å². The molecule has 156 valence electrons. The maximum Gasteiger partial charge on any atom is 0.277 e. The molecule has 7 heteroatoms. The molecule has 0 unspecified atom stereocenters. The molecule has 0 aliphatic carbocycles. The van der Waals surface area contributed by atoms with E-state index in [-0.39, 0.29) is 17.5 Å². The third-order valence-electron chi connectivity index (χ3n) is 5.74. The zero-order valence-electron chi connectivity index (χ0n) is 17.2. The third-order valence-corrected chi connectivity index (χ3v) is 5.99. The average molecular weight is 425 g/mol. The van der Waals surface area contributed by atoms with Crippen LogP contribution in [0.3, 0.4) is 0 Å². The number of amides is 2. The van der Waals surface area contributed by atoms with Crippen molar-refractivity contribution in [1.29, 1.82) is 0 Å². The standard InChI is InChI=1S/C23H25ClN4O2/c1-3-27-12-14-28(15-13-27)19-10-8-18(9-11-19)25-21-20(22(29)26(2)23(21)30)16-4-6-17(24)7-5-16/h4-11,25H,3,12-15H2,1-2H3. The number of benzene rings is 2. The molecular formula is C23H25ClN4O2. The van der Waals surface area contributed by atoms with Crippen molar-refractivity contribution in [3.8, 4) is 0 Å². The minimum Gasteiger partial charge on any atom is -0.369 e. The van der Waals surface area contributed by atoms with Crippen LogP contribution in [0.15, 0.2) is 54.2 Å². The van der Waals surface area contributed by atoms with E-state index in [0.717, 1.165) is 49.0 Å². The Kier molecular flexibility index (Phi) is 5.79. The Hall–Kier alpha value is -2.83. The second kappa shape index (κ2) is 8.50. The molecular weight excluding hydrogens is 400 g/mol. The molecule has 2 aliphatic heterocycles. The molecule has 0 saturated carbocycles. The number of nitrogens with one attached hydrogen (secondary N) is 1. The van der Waals surface area contributed by atoms with Crippen molar-refractivity contribution in [2.45, 2.75) is 6.92 Å². The molecule has 4 rings (SSSR count). The molecule has 0 atom stereocenters. The molecule has 0 spiro atoms. The highest BCUT2D eigenvalue weighted by molar-refractivity contribution is 6.36. The van der Waals surface area contributed by atoms with Crippen LogP contribution in [-0.2, 0) is 9.59 Å². The number of hydrogen-bond acceptors (Lipinski definition) is 5. The van der Waals surface area contributed by atoms with Crippen molar-refractivity contribution in [2.24, 2.45) is 0 Å². The van der Waals surface area contributed by atoms with Crippen LogP contribution in [0.1, 0.15) is 12.5 Å². The van der Waals surface area contributed by atoms with Gasteiger partial charge in [0, 0.05) is 49.6 Å². The highest BCUT2D eigenvalue weighted by Gasteiger charge is 2.36. The van der Waals surface area contributed by atoms with Crippen molar-refractivity contribution in [2.75, 3.05) is 50.0 Å². The van der Waals surface area contributed by atoms with E-state index in [4.69, 9.17) is 11.6 Å². The zero-order chi connectivity index (χ0) is 21.3. The summed E-state index contributed by atoms with van der Waals surface area (Å²) in [4.78, 5) is 31.3. The lowest BCUT2D eigenvalue weighted by molar-refractivity contribution is -0.135. The first-order chi connectivity index (χ1) is 14.5. The molecule has 0 aromatic heterocycles. The van der Waals surface area contributed by atoms with Gasteiger partial charge in [-0.1, -0.05) is 30.7 Å². The summed E-state index contributed by atoms with van der Waals surface area (Å²) in [5, 5.41) is 3.75. The van der Waals surface area contributed by atoms with Crippen LogP contribution in [-0.4, -0.2) is 61.4 Å². The Bertz CT molecular complexity index is 977. The molecule has 2 aromatic carbocycles. The highest BCUT2D eigenvalue weighted by Crippen LogP contribution is 2.31. The number of piperazine rings is 1. The molecule has 2 heterocycles. The van der Waals surface area contributed by atoms with Gasteiger partial charge in [0.1, 0.15) is 5.70 Å². The Balaban J connectivity index is 1.56. The van der Waals surface area contributed by atoms with Crippen LogP contribution >= 0.6 is 11.6 Å². The van der Waals surface area contributed by atoms with Gasteiger partial charge in [-0.05, 0) is 48.5 Å². The summed E-state index contributed by atoms with van der Waals surface area (Å²) >= 11 is 5.97. The van der Waals surface area contributed by atoms with Gasteiger partial charge in [0.2, 0.25) is 0 Å². The smallest absolute Gasteiger partial charge is 0.277 e. The van der Waals surface area contributed by atoms with E-state index in [1.807, 2.05) is 12.1 Å². The Morgan fingerprint density at radius 1 is 0.900 bits per heavy atom. The Morgan fingerprint density at radius 3 is 2.13 bits per heavy atom. The summed E-state index contributed by atoms with van der Waals surface area (Å²) in [5.41, 5.74) is 3.24. The van der Waals surface area contributed by atoms with Gasteiger partial charge in [-0.2, -0.15) is 0 Å². The van der Waals surface area contributed by atoms with Crippen molar-refractivity contribution < 1.29 is 9.59 Å². The monoisotopic (exact) mass is 424 g/mol. The number of rotatable bonds is 5. The van der Waals surface area contributed by atoms with Gasteiger partial charge in [0.25, 0.3) is 11.8 Å². The quantitative estimate of drug-likeness (QED) is 0.746. The number of likely N-dealkylation sites (N-methyl/N-ethyl adjacent to an activating group) is 2. The summed E-state index contributed by atoms with van der Waals surface area (Å²) < 4.78 is 0. The van der Waals surface area contributed by atoms with Crippen LogP contribution in [0, 0.1) is 0 Å². The number of imide groups is 1. The first kappa shape index (κ1) is 20.4. The Morgan fingerprint density at radius 2 is 1.53 bits per heavy atom. The predicted molar refractivity (Wildman–Crippen MR) is 121 cm³/mol. The lowest BCUT2D eigenvalue weighted by atomic mass is 10.0. The minimum absolute atomic E-state index is 0.286. The van der Waals surface area contributed by atoms with E-state index in [1.165, 1.54) is 7.05 Å². The van der Waals surface area contributed by atoms with E-state index >= 15 is 0 Å². The molecule has 1 N–H and O–H groups in total. The van der Waals surface area contributed by atoms with Crippen molar-refractivity contribution in [3.63, 3.8) is 0 Å². The SMILES string of the molecule is CCN1CCN(c2ccc(NC3=C(c4ccc(Cl)cc4)C(=O)N(C)C3=O)cc2)CC1. The summed E-state index contributed by atoms with van der Waals surface area (Å²) in [7, 11) is 1.49. The Labute approximate surface area is 181 Å². The highest BCUT2D eigenvalue weighted by atomic mass is 35.5. The number of halogens is 1. The summed E-state index contributed by atoms with van der Waals surface area (Å²) in [6.07, 6.45) is 0. The molecule has 0 radical (unpaired) electrons. The van der Waals surface area contributed by atoms with E-state index in [1.54, 1.807) is 24.3 Å². The van der Waals surface area contributed by atoms with Gasteiger partial charge >= 0.3 is 0 Å². The second-order valence-corrected chi connectivity index (χ2v) is 7.96. The fraction of sp³-hybridized carbons (Fsp3) is 0.304. The second-order valence-electron chi connectivity index (χ2n) is 7.52. The average Bonchev–Trinajstić information content (AvgIpc) is 2.99. The van der Waals surface area contributed by atoms with Gasteiger partial charge in [-0.25, -0.2) is 0 Å². The number of hydrogen-bond donors (Lipinski definition) is 1. The molecule has 2 amide bonds. The number of carbonyl (C=O) groups is 2. The molecule has 0 bridgehead atoms. The number of carbonyl (C=O) groups excluding carboxylic acids is 2. The van der Waals surface area contributed by atoms with Crippen molar-refractivity contribution in [3.05, 3.63) is 64.8 Å². The van der Waals surface area contributed by atoms with Gasteiger partial charge < -0.3 is 15.1 Å². The summed E-state index contributed by atoms with van der Waals surface area (Å²) in [5.74, 6) is -0.667. The molecule has 1 fully saturated rings. The van der Waals surface area contributed by atoms with Gasteiger partial charge in [0.05, 0.1) is 5.57 Å². The lowest BCUT2D eigenvalue weighted by Crippen LogP contribution is -2.46. The van der Waals surface area contributed by atoms with Gasteiger partial charge in [0.15, 0.2) is 0 Å². The molecule has 30 heavy (non-hydrogen) atoms. The maximum absolute atomic E-state index is 12.7. The molecule has 6 nitrogen and oxygen atoms in total. The molecule has 1 saturated heterocycles. The largest absolute Gasteiger partial charge is 0.369 e. The van der Waals surface area contributed by atoms with Crippen molar-refractivity contribution >= 4 is 40.4 Å². The first-order valence-corrected chi connectivity index (χ1v) is 10.5. The van der Waals surface area contributed by atoms with Crippen LogP contribution in [0.25, 0.3) is 5.57 Å². The van der Waals surface area contributed by atoms with Crippen LogP contribution in [0.2, 0.25) is 5.02 Å². The van der Waals surface area contributed by atoms with Gasteiger partial charge in [-0.3, -0.25) is 14.5 Å². The third kappa shape index (κ3) is 3.93. The van der Waals surface area contributed by atoms with Crippen LogP contribution < -0.4 is 10.2 Å². The zero-order valence-corrected chi connectivity index (χ0v) is 17.9.